The highest BCUT2D eigenvalue weighted by atomic mass is 16.5. The maximum atomic E-state index is 12.7. The van der Waals surface area contributed by atoms with Gasteiger partial charge in [-0.2, -0.15) is 0 Å². The van der Waals surface area contributed by atoms with Gasteiger partial charge in [0.25, 0.3) is 5.91 Å². The highest BCUT2D eigenvalue weighted by Crippen LogP contribution is 2.37. The molecule has 0 spiro atoms. The average Bonchev–Trinajstić information content (AvgIpc) is 2.92. The number of rotatable bonds is 9. The first-order valence-corrected chi connectivity index (χ1v) is 11.3. The van der Waals surface area contributed by atoms with Crippen LogP contribution in [0.1, 0.15) is 28.9 Å². The predicted molar refractivity (Wildman–Crippen MR) is 135 cm³/mol. The van der Waals surface area contributed by atoms with Crippen molar-refractivity contribution in [3.05, 3.63) is 90.1 Å². The fourth-order valence-corrected chi connectivity index (χ4v) is 3.70. The van der Waals surface area contributed by atoms with Gasteiger partial charge in [-0.25, -0.2) is 4.79 Å². The van der Waals surface area contributed by atoms with Crippen molar-refractivity contribution in [2.75, 3.05) is 20.8 Å². The molecule has 1 heterocycles. The van der Waals surface area contributed by atoms with Crippen LogP contribution in [-0.4, -0.2) is 37.7 Å². The van der Waals surface area contributed by atoms with Crippen molar-refractivity contribution >= 4 is 22.8 Å². The number of benzene rings is 3. The molecule has 4 aromatic rings. The molecule has 1 unspecified atom stereocenters. The summed E-state index contributed by atoms with van der Waals surface area (Å²) in [5.74, 6) is 1.33. The van der Waals surface area contributed by atoms with Gasteiger partial charge in [0, 0.05) is 23.2 Å². The van der Waals surface area contributed by atoms with Crippen molar-refractivity contribution in [2.45, 2.75) is 13.0 Å². The summed E-state index contributed by atoms with van der Waals surface area (Å²) in [4.78, 5) is 29.7. The van der Waals surface area contributed by atoms with E-state index in [-0.39, 0.29) is 12.5 Å². The summed E-state index contributed by atoms with van der Waals surface area (Å²) in [6.45, 7) is 1.91. The third-order valence-electron chi connectivity index (χ3n) is 5.48. The van der Waals surface area contributed by atoms with Crippen LogP contribution >= 0.6 is 0 Å². The first-order chi connectivity index (χ1) is 17.5. The normalized spacial score (nSPS) is 11.4. The van der Waals surface area contributed by atoms with Gasteiger partial charge in [0.2, 0.25) is 0 Å². The van der Waals surface area contributed by atoms with Crippen LogP contribution in [0.3, 0.4) is 0 Å². The maximum absolute atomic E-state index is 12.7. The molecule has 0 aliphatic rings. The van der Waals surface area contributed by atoms with Crippen LogP contribution in [-0.2, 0) is 9.53 Å². The van der Waals surface area contributed by atoms with E-state index >= 15 is 0 Å². The van der Waals surface area contributed by atoms with E-state index in [4.69, 9.17) is 18.9 Å². The van der Waals surface area contributed by atoms with E-state index in [9.17, 15) is 9.59 Å². The smallest absolute Gasteiger partial charge is 0.333 e. The third-order valence-corrected chi connectivity index (χ3v) is 5.48. The number of hydrogen-bond acceptors (Lipinski definition) is 7. The second-order valence-electron chi connectivity index (χ2n) is 7.73. The molecular weight excluding hydrogens is 460 g/mol. The topological polar surface area (TPSA) is 96.0 Å². The number of fused-ring (bicyclic) bond motifs is 1. The highest BCUT2D eigenvalue weighted by Gasteiger charge is 2.25. The van der Waals surface area contributed by atoms with Crippen LogP contribution in [0.25, 0.3) is 10.9 Å². The van der Waals surface area contributed by atoms with Crippen LogP contribution in [0, 0.1) is 0 Å². The summed E-state index contributed by atoms with van der Waals surface area (Å²) in [6, 6.07) is 20.0. The van der Waals surface area contributed by atoms with Crippen molar-refractivity contribution in [1.82, 2.24) is 10.3 Å². The summed E-state index contributed by atoms with van der Waals surface area (Å²) >= 11 is 0. The molecule has 3 aromatic carbocycles. The molecule has 8 nitrogen and oxygen atoms in total. The first kappa shape index (κ1) is 24.5. The van der Waals surface area contributed by atoms with E-state index < -0.39 is 12.0 Å². The Morgan fingerprint density at radius 3 is 2.25 bits per heavy atom. The molecule has 0 saturated carbocycles. The number of carbonyl (C=O) groups is 2. The lowest BCUT2D eigenvalue weighted by Crippen LogP contribution is -2.35. The number of nitrogens with one attached hydrogen (secondary N) is 1. The summed E-state index contributed by atoms with van der Waals surface area (Å²) in [6.07, 6.45) is 1.65. The van der Waals surface area contributed by atoms with Crippen LogP contribution in [0.4, 0.5) is 0 Å². The number of ether oxygens (including phenoxy) is 4. The Bertz CT molecular complexity index is 1360. The monoisotopic (exact) mass is 486 g/mol. The van der Waals surface area contributed by atoms with Gasteiger partial charge in [-0.3, -0.25) is 9.78 Å². The standard InChI is InChI=1S/C28H26N2O6/c1-4-35-28(32)26(30-27(31)19-8-6-5-7-9-19)18-10-12-20(13-11-18)36-23-14-15-29-22-17-25(34-3)24(33-2)16-21(22)23/h5-17,26H,4H2,1-3H3,(H,30,31). The van der Waals surface area contributed by atoms with Crippen molar-refractivity contribution < 1.29 is 28.5 Å². The first-order valence-electron chi connectivity index (χ1n) is 11.3. The summed E-state index contributed by atoms with van der Waals surface area (Å²) in [5.41, 5.74) is 1.70. The third kappa shape index (κ3) is 5.38. The lowest BCUT2D eigenvalue weighted by molar-refractivity contribution is -0.145. The van der Waals surface area contributed by atoms with Gasteiger partial charge in [0.05, 0.1) is 26.3 Å². The number of carbonyl (C=O) groups excluding carboxylic acids is 2. The van der Waals surface area contributed by atoms with E-state index in [0.717, 1.165) is 5.39 Å². The Morgan fingerprint density at radius 2 is 1.58 bits per heavy atom. The largest absolute Gasteiger partial charge is 0.493 e. The Labute approximate surface area is 208 Å². The van der Waals surface area contributed by atoms with Gasteiger partial charge >= 0.3 is 5.97 Å². The Kier molecular flexibility index (Phi) is 7.65. The van der Waals surface area contributed by atoms with Gasteiger partial charge in [0.15, 0.2) is 17.5 Å². The molecule has 184 valence electrons. The predicted octanol–water partition coefficient (Wildman–Crippen LogP) is 5.08. The molecule has 0 saturated heterocycles. The summed E-state index contributed by atoms with van der Waals surface area (Å²) < 4.78 is 22.1. The zero-order chi connectivity index (χ0) is 25.5. The fraction of sp³-hybridized carbons (Fsp3) is 0.179. The Balaban J connectivity index is 1.59. The van der Waals surface area contributed by atoms with Crippen molar-refractivity contribution in [3.63, 3.8) is 0 Å². The molecule has 1 atom stereocenters. The van der Waals surface area contributed by atoms with E-state index in [2.05, 4.69) is 10.3 Å². The quantitative estimate of drug-likeness (QED) is 0.330. The fourth-order valence-electron chi connectivity index (χ4n) is 3.70. The zero-order valence-electron chi connectivity index (χ0n) is 20.2. The minimum Gasteiger partial charge on any atom is -0.493 e. The van der Waals surface area contributed by atoms with Crippen LogP contribution in [0.2, 0.25) is 0 Å². The van der Waals surface area contributed by atoms with Crippen LogP contribution < -0.4 is 19.5 Å². The second kappa shape index (κ2) is 11.2. The molecule has 1 N–H and O–H groups in total. The number of aromatic nitrogens is 1. The molecule has 0 radical (unpaired) electrons. The second-order valence-corrected chi connectivity index (χ2v) is 7.73. The lowest BCUT2D eigenvalue weighted by Gasteiger charge is -2.18. The van der Waals surface area contributed by atoms with E-state index in [0.29, 0.717) is 39.6 Å². The van der Waals surface area contributed by atoms with Crippen LogP contribution in [0.15, 0.2) is 79.0 Å². The number of amides is 1. The average molecular weight is 487 g/mol. The highest BCUT2D eigenvalue weighted by molar-refractivity contribution is 5.97. The molecule has 8 heteroatoms. The van der Waals surface area contributed by atoms with E-state index in [1.165, 1.54) is 0 Å². The number of pyridine rings is 1. The van der Waals surface area contributed by atoms with Gasteiger partial charge < -0.3 is 24.3 Å². The maximum Gasteiger partial charge on any atom is 0.333 e. The van der Waals surface area contributed by atoms with E-state index in [1.54, 1.807) is 94.1 Å². The molecular formula is C28H26N2O6. The summed E-state index contributed by atoms with van der Waals surface area (Å²) in [7, 11) is 3.13. The minimum atomic E-state index is -0.967. The number of methoxy groups -OCH3 is 2. The lowest BCUT2D eigenvalue weighted by atomic mass is 10.1. The Morgan fingerprint density at radius 1 is 0.889 bits per heavy atom. The van der Waals surface area contributed by atoms with Gasteiger partial charge in [0.1, 0.15) is 11.5 Å². The number of hydrogen-bond donors (Lipinski definition) is 1. The molecule has 0 aliphatic carbocycles. The molecule has 0 bridgehead atoms. The van der Waals surface area contributed by atoms with Crippen molar-refractivity contribution in [1.29, 1.82) is 0 Å². The van der Waals surface area contributed by atoms with E-state index in [1.807, 2.05) is 6.07 Å². The molecule has 1 aromatic heterocycles. The number of esters is 1. The molecule has 1 amide bonds. The van der Waals surface area contributed by atoms with Crippen molar-refractivity contribution in [2.24, 2.45) is 0 Å². The SMILES string of the molecule is CCOC(=O)C(NC(=O)c1ccccc1)c1ccc(Oc2ccnc3cc(OC)c(OC)cc23)cc1. The molecule has 4 rings (SSSR count). The summed E-state index contributed by atoms with van der Waals surface area (Å²) in [5, 5.41) is 3.51. The van der Waals surface area contributed by atoms with Crippen LogP contribution in [0.5, 0.6) is 23.0 Å². The number of nitrogens with zero attached hydrogens (tertiary/aromatic N) is 1. The Hall–Kier alpha value is -4.59. The van der Waals surface area contributed by atoms with Gasteiger partial charge in [-0.15, -0.1) is 0 Å². The molecule has 0 fully saturated rings. The van der Waals surface area contributed by atoms with Gasteiger partial charge in [-0.05, 0) is 48.9 Å². The van der Waals surface area contributed by atoms with Gasteiger partial charge in [-0.1, -0.05) is 30.3 Å². The minimum absolute atomic E-state index is 0.196. The van der Waals surface area contributed by atoms with Crippen molar-refractivity contribution in [3.8, 4) is 23.0 Å². The molecule has 36 heavy (non-hydrogen) atoms. The molecule has 0 aliphatic heterocycles. The zero-order valence-corrected chi connectivity index (χ0v) is 20.2.